The van der Waals surface area contributed by atoms with Crippen LogP contribution in [-0.2, 0) is 9.53 Å². The van der Waals surface area contributed by atoms with Crippen molar-refractivity contribution in [1.29, 1.82) is 0 Å². The zero-order chi connectivity index (χ0) is 10.8. The number of cyclic esters (lactones) is 1. The minimum Gasteiger partial charge on any atom is -0.452 e. The molecule has 15 heavy (non-hydrogen) atoms. The van der Waals surface area contributed by atoms with Crippen LogP contribution >= 0.6 is 0 Å². The predicted octanol–water partition coefficient (Wildman–Crippen LogP) is 1.51. The maximum absolute atomic E-state index is 10.8. The number of hydrogen-bond donors (Lipinski definition) is 1. The summed E-state index contributed by atoms with van der Waals surface area (Å²) < 4.78 is 4.91. The van der Waals surface area contributed by atoms with Gasteiger partial charge < -0.3 is 9.84 Å². The molecule has 0 bridgehead atoms. The van der Waals surface area contributed by atoms with E-state index in [9.17, 15) is 9.90 Å². The largest absolute Gasteiger partial charge is 0.452 e. The molecule has 1 aliphatic rings. The summed E-state index contributed by atoms with van der Waals surface area (Å²) >= 11 is 0. The first-order chi connectivity index (χ1) is 7.16. The van der Waals surface area contributed by atoms with E-state index in [1.807, 2.05) is 31.2 Å². The van der Waals surface area contributed by atoms with Gasteiger partial charge in [0, 0.05) is 6.08 Å². The zero-order valence-corrected chi connectivity index (χ0v) is 8.38. The highest BCUT2D eigenvalue weighted by Crippen LogP contribution is 2.23. The third-order valence-corrected chi connectivity index (χ3v) is 2.40. The first-order valence-electron chi connectivity index (χ1n) is 4.80. The van der Waals surface area contributed by atoms with E-state index in [1.54, 1.807) is 6.08 Å². The van der Waals surface area contributed by atoms with Crippen molar-refractivity contribution in [1.82, 2.24) is 0 Å². The second-order valence-corrected chi connectivity index (χ2v) is 3.62. The van der Waals surface area contributed by atoms with Gasteiger partial charge in [-0.05, 0) is 18.6 Å². The molecule has 0 fully saturated rings. The van der Waals surface area contributed by atoms with Gasteiger partial charge in [0.2, 0.25) is 0 Å². The smallest absolute Gasteiger partial charge is 0.331 e. The number of aryl methyl sites for hydroxylation is 1. The molecule has 3 nitrogen and oxygen atoms in total. The van der Waals surface area contributed by atoms with Gasteiger partial charge in [-0.1, -0.05) is 29.8 Å². The lowest BCUT2D eigenvalue weighted by Gasteiger charge is -2.16. The Morgan fingerprint density at radius 1 is 1.33 bits per heavy atom. The molecule has 78 valence electrons. The highest BCUT2D eigenvalue weighted by atomic mass is 16.6. The van der Waals surface area contributed by atoms with Crippen molar-refractivity contribution >= 4 is 5.97 Å². The Balaban J connectivity index is 2.14. The van der Waals surface area contributed by atoms with Gasteiger partial charge in [0.1, 0.15) is 6.10 Å². The topological polar surface area (TPSA) is 46.5 Å². The summed E-state index contributed by atoms with van der Waals surface area (Å²) in [4.78, 5) is 10.8. The van der Waals surface area contributed by atoms with Crippen LogP contribution in [0.1, 0.15) is 17.2 Å². The molecule has 1 heterocycles. The molecule has 0 spiro atoms. The molecule has 2 atom stereocenters. The molecule has 3 heteroatoms. The molecule has 0 aromatic heterocycles. The Hall–Kier alpha value is -1.61. The highest BCUT2D eigenvalue weighted by Gasteiger charge is 2.25. The summed E-state index contributed by atoms with van der Waals surface area (Å²) in [5, 5.41) is 9.90. The Kier molecular flexibility index (Phi) is 2.56. The van der Waals surface area contributed by atoms with Crippen LogP contribution in [0.3, 0.4) is 0 Å². The normalized spacial score (nSPS) is 21.5. The maximum atomic E-state index is 10.8. The summed E-state index contributed by atoms with van der Waals surface area (Å²) in [6, 6.07) is 7.50. The van der Waals surface area contributed by atoms with Crippen LogP contribution in [0.5, 0.6) is 0 Å². The van der Waals surface area contributed by atoms with Crippen molar-refractivity contribution in [2.24, 2.45) is 0 Å². The van der Waals surface area contributed by atoms with E-state index in [0.717, 1.165) is 11.1 Å². The van der Waals surface area contributed by atoms with Crippen LogP contribution in [0.4, 0.5) is 0 Å². The van der Waals surface area contributed by atoms with Crippen molar-refractivity contribution in [3.05, 3.63) is 47.5 Å². The van der Waals surface area contributed by atoms with E-state index in [-0.39, 0.29) is 0 Å². The van der Waals surface area contributed by atoms with Gasteiger partial charge in [0.15, 0.2) is 6.10 Å². The van der Waals surface area contributed by atoms with Gasteiger partial charge in [0.25, 0.3) is 0 Å². The molecular formula is C12H12O3. The Morgan fingerprint density at radius 3 is 2.53 bits per heavy atom. The average molecular weight is 204 g/mol. The van der Waals surface area contributed by atoms with Crippen LogP contribution < -0.4 is 0 Å². The summed E-state index contributed by atoms with van der Waals surface area (Å²) in [6.45, 7) is 1.98. The van der Waals surface area contributed by atoms with E-state index in [2.05, 4.69) is 0 Å². The molecule has 1 aromatic rings. The average Bonchev–Trinajstić information content (AvgIpc) is 2.65. The van der Waals surface area contributed by atoms with E-state index in [0.29, 0.717) is 0 Å². The molecule has 1 N–H and O–H groups in total. The summed E-state index contributed by atoms with van der Waals surface area (Å²) in [7, 11) is 0. The fourth-order valence-corrected chi connectivity index (χ4v) is 1.51. The van der Waals surface area contributed by atoms with E-state index >= 15 is 0 Å². The number of carbonyl (C=O) groups is 1. The third-order valence-electron chi connectivity index (χ3n) is 2.40. The lowest BCUT2D eigenvalue weighted by atomic mass is 10.0. The van der Waals surface area contributed by atoms with Gasteiger partial charge in [-0.15, -0.1) is 0 Å². The number of hydrogen-bond acceptors (Lipinski definition) is 3. The standard InChI is InChI=1S/C12H12O3/c1-8-2-4-9(5-3-8)12(14)10-6-7-11(13)15-10/h2-7,10,12,14H,1H3/t10-,12-/m1/s1. The number of ether oxygens (including phenoxy) is 1. The number of rotatable bonds is 2. The monoisotopic (exact) mass is 204 g/mol. The van der Waals surface area contributed by atoms with Crippen LogP contribution in [0.15, 0.2) is 36.4 Å². The summed E-state index contributed by atoms with van der Waals surface area (Å²) in [5.41, 5.74) is 1.88. The van der Waals surface area contributed by atoms with Crippen molar-refractivity contribution < 1.29 is 14.6 Å². The predicted molar refractivity (Wildman–Crippen MR) is 55.2 cm³/mol. The molecule has 0 amide bonds. The quantitative estimate of drug-likeness (QED) is 0.743. The number of carbonyl (C=O) groups excluding carboxylic acids is 1. The van der Waals surface area contributed by atoms with Gasteiger partial charge in [-0.2, -0.15) is 0 Å². The fraction of sp³-hybridized carbons (Fsp3) is 0.250. The molecule has 0 unspecified atom stereocenters. The molecule has 0 radical (unpaired) electrons. The molecule has 1 aliphatic heterocycles. The minimum atomic E-state index is -0.784. The Morgan fingerprint density at radius 2 is 2.00 bits per heavy atom. The lowest BCUT2D eigenvalue weighted by Crippen LogP contribution is -2.18. The summed E-state index contributed by atoms with van der Waals surface area (Å²) in [5.74, 6) is -0.397. The second kappa shape index (κ2) is 3.87. The van der Waals surface area contributed by atoms with Gasteiger partial charge in [-0.25, -0.2) is 4.79 Å². The first-order valence-corrected chi connectivity index (χ1v) is 4.80. The number of aliphatic hydroxyl groups excluding tert-OH is 1. The number of benzene rings is 1. The van der Waals surface area contributed by atoms with Crippen molar-refractivity contribution in [3.63, 3.8) is 0 Å². The molecule has 0 aliphatic carbocycles. The van der Waals surface area contributed by atoms with Crippen LogP contribution in [0, 0.1) is 6.92 Å². The van der Waals surface area contributed by atoms with E-state index < -0.39 is 18.2 Å². The fourth-order valence-electron chi connectivity index (χ4n) is 1.51. The molecular weight excluding hydrogens is 192 g/mol. The Labute approximate surface area is 88.0 Å². The van der Waals surface area contributed by atoms with Gasteiger partial charge in [-0.3, -0.25) is 0 Å². The molecule has 2 rings (SSSR count). The third kappa shape index (κ3) is 2.07. The zero-order valence-electron chi connectivity index (χ0n) is 8.38. The van der Waals surface area contributed by atoms with Crippen molar-refractivity contribution in [3.8, 4) is 0 Å². The van der Waals surface area contributed by atoms with Crippen LogP contribution in [-0.4, -0.2) is 17.2 Å². The number of esters is 1. The van der Waals surface area contributed by atoms with Crippen LogP contribution in [0.2, 0.25) is 0 Å². The molecule has 0 saturated carbocycles. The second-order valence-electron chi connectivity index (χ2n) is 3.62. The minimum absolute atomic E-state index is 0.397. The molecule has 1 aromatic carbocycles. The maximum Gasteiger partial charge on any atom is 0.331 e. The van der Waals surface area contributed by atoms with E-state index in [1.165, 1.54) is 6.08 Å². The first kappa shape index (κ1) is 9.93. The molecule has 0 saturated heterocycles. The van der Waals surface area contributed by atoms with Crippen molar-refractivity contribution in [2.75, 3.05) is 0 Å². The Bertz CT molecular complexity index is 392. The summed E-state index contributed by atoms with van der Waals surface area (Å²) in [6.07, 6.45) is 1.57. The lowest BCUT2D eigenvalue weighted by molar-refractivity contribution is -0.142. The number of aliphatic hydroxyl groups is 1. The van der Waals surface area contributed by atoms with Crippen LogP contribution in [0.25, 0.3) is 0 Å². The van der Waals surface area contributed by atoms with Crippen molar-refractivity contribution in [2.45, 2.75) is 19.1 Å². The highest BCUT2D eigenvalue weighted by molar-refractivity contribution is 5.84. The van der Waals surface area contributed by atoms with Gasteiger partial charge >= 0.3 is 5.97 Å². The van der Waals surface area contributed by atoms with Gasteiger partial charge in [0.05, 0.1) is 0 Å². The van der Waals surface area contributed by atoms with E-state index in [4.69, 9.17) is 4.74 Å². The SMILES string of the molecule is Cc1ccc([C@@H](O)[C@H]2C=CC(=O)O2)cc1.